The van der Waals surface area contributed by atoms with Gasteiger partial charge in [0, 0.05) is 16.6 Å². The second kappa shape index (κ2) is 8.21. The molecule has 0 spiro atoms. The maximum absolute atomic E-state index is 11.9. The lowest BCUT2D eigenvalue weighted by molar-refractivity contribution is -0.384. The molecular formula is C18H14BrNO4. The Kier molecular flexibility index (Phi) is 6.03. The van der Waals surface area contributed by atoms with Gasteiger partial charge in [-0.2, -0.15) is 0 Å². The van der Waals surface area contributed by atoms with Gasteiger partial charge < -0.3 is 4.74 Å². The number of nitrogens with zero attached hydrogens (tertiary/aromatic N) is 1. The molecular weight excluding hydrogens is 374 g/mol. The monoisotopic (exact) mass is 387 g/mol. The third-order valence-electron chi connectivity index (χ3n) is 3.19. The molecule has 122 valence electrons. The van der Waals surface area contributed by atoms with Gasteiger partial charge >= 0.3 is 5.97 Å². The van der Waals surface area contributed by atoms with Crippen LogP contribution in [0.15, 0.2) is 64.7 Å². The molecule has 0 aliphatic heterocycles. The fourth-order valence-electron chi connectivity index (χ4n) is 1.95. The Morgan fingerprint density at radius 3 is 2.42 bits per heavy atom. The number of nitro benzene ring substituents is 1. The van der Waals surface area contributed by atoms with E-state index in [0.29, 0.717) is 11.1 Å². The van der Waals surface area contributed by atoms with E-state index in [-0.39, 0.29) is 5.69 Å². The summed E-state index contributed by atoms with van der Waals surface area (Å²) in [7, 11) is 1.30. The van der Waals surface area contributed by atoms with Crippen molar-refractivity contribution >= 4 is 39.7 Å². The average molecular weight is 388 g/mol. The predicted octanol–water partition coefficient (Wildman–Crippen LogP) is 4.63. The maximum atomic E-state index is 11.9. The van der Waals surface area contributed by atoms with Gasteiger partial charge in [-0.15, -0.1) is 0 Å². The van der Waals surface area contributed by atoms with Crippen LogP contribution in [-0.4, -0.2) is 18.0 Å². The smallest absolute Gasteiger partial charge is 0.337 e. The minimum atomic E-state index is -0.489. The second-order valence-corrected chi connectivity index (χ2v) is 5.65. The summed E-state index contributed by atoms with van der Waals surface area (Å²) in [5, 5.41) is 10.7. The standard InChI is InChI=1S/C18H14BrNO4/c1-24-18(21)15(9-8-14-4-2-3-5-17(14)19)12-13-6-10-16(11-7-13)20(22)23/h2-12H,1H3/b9-8+,15-12+. The van der Waals surface area contributed by atoms with Crippen molar-refractivity contribution in [1.29, 1.82) is 0 Å². The van der Waals surface area contributed by atoms with Crippen LogP contribution in [0.25, 0.3) is 12.2 Å². The molecule has 0 bridgehead atoms. The van der Waals surface area contributed by atoms with E-state index >= 15 is 0 Å². The van der Waals surface area contributed by atoms with Gasteiger partial charge in [0.2, 0.25) is 0 Å². The van der Waals surface area contributed by atoms with E-state index in [1.807, 2.05) is 24.3 Å². The van der Waals surface area contributed by atoms with Gasteiger partial charge in [-0.25, -0.2) is 4.79 Å². The summed E-state index contributed by atoms with van der Waals surface area (Å²) in [5.74, 6) is -0.489. The molecule has 0 radical (unpaired) electrons. The predicted molar refractivity (Wildman–Crippen MR) is 96.3 cm³/mol. The second-order valence-electron chi connectivity index (χ2n) is 4.79. The van der Waals surface area contributed by atoms with Crippen molar-refractivity contribution in [1.82, 2.24) is 0 Å². The minimum absolute atomic E-state index is 0.00414. The highest BCUT2D eigenvalue weighted by Gasteiger charge is 2.08. The highest BCUT2D eigenvalue weighted by Crippen LogP contribution is 2.20. The number of non-ortho nitro benzene ring substituents is 1. The van der Waals surface area contributed by atoms with E-state index in [1.54, 1.807) is 30.4 Å². The number of ether oxygens (including phenoxy) is 1. The van der Waals surface area contributed by atoms with Gasteiger partial charge in [0.1, 0.15) is 0 Å². The average Bonchev–Trinajstić information content (AvgIpc) is 2.59. The summed E-state index contributed by atoms with van der Waals surface area (Å²) < 4.78 is 5.69. The zero-order chi connectivity index (χ0) is 17.5. The first kappa shape index (κ1) is 17.6. The SMILES string of the molecule is COC(=O)C(/C=C/c1ccccc1Br)=C/c1ccc([N+](=O)[O-])cc1. The van der Waals surface area contributed by atoms with Crippen LogP contribution >= 0.6 is 15.9 Å². The number of carbonyl (C=O) groups is 1. The molecule has 0 amide bonds. The first-order chi connectivity index (χ1) is 11.5. The van der Waals surface area contributed by atoms with Crippen molar-refractivity contribution in [3.05, 3.63) is 85.9 Å². The summed E-state index contributed by atoms with van der Waals surface area (Å²) >= 11 is 3.44. The van der Waals surface area contributed by atoms with Gasteiger partial charge in [-0.1, -0.05) is 40.2 Å². The highest BCUT2D eigenvalue weighted by molar-refractivity contribution is 9.10. The molecule has 0 heterocycles. The topological polar surface area (TPSA) is 69.4 Å². The quantitative estimate of drug-likeness (QED) is 0.246. The highest BCUT2D eigenvalue weighted by atomic mass is 79.9. The van der Waals surface area contributed by atoms with E-state index < -0.39 is 10.9 Å². The molecule has 0 unspecified atom stereocenters. The Labute approximate surface area is 147 Å². The first-order valence-electron chi connectivity index (χ1n) is 6.98. The van der Waals surface area contributed by atoms with Crippen molar-refractivity contribution in [2.24, 2.45) is 0 Å². The molecule has 0 atom stereocenters. The normalized spacial score (nSPS) is 11.5. The summed E-state index contributed by atoms with van der Waals surface area (Å²) in [6, 6.07) is 13.5. The van der Waals surface area contributed by atoms with Crippen LogP contribution in [0.3, 0.4) is 0 Å². The summed E-state index contributed by atoms with van der Waals surface area (Å²) in [4.78, 5) is 22.1. The van der Waals surface area contributed by atoms with Gasteiger partial charge in [0.25, 0.3) is 5.69 Å². The summed E-state index contributed by atoms with van der Waals surface area (Å²) in [6.45, 7) is 0. The number of benzene rings is 2. The molecule has 2 aromatic rings. The lowest BCUT2D eigenvalue weighted by Gasteiger charge is -2.02. The third kappa shape index (κ3) is 4.63. The van der Waals surface area contributed by atoms with Gasteiger partial charge in [0.05, 0.1) is 17.6 Å². The van der Waals surface area contributed by atoms with Crippen LogP contribution in [-0.2, 0) is 9.53 Å². The minimum Gasteiger partial charge on any atom is -0.465 e. The Hall–Kier alpha value is -2.73. The Bertz CT molecular complexity index is 810. The van der Waals surface area contributed by atoms with Crippen molar-refractivity contribution < 1.29 is 14.5 Å². The number of carbonyl (C=O) groups excluding carboxylic acids is 1. The van der Waals surface area contributed by atoms with Crippen LogP contribution in [0.4, 0.5) is 5.69 Å². The van der Waals surface area contributed by atoms with E-state index in [2.05, 4.69) is 15.9 Å². The number of esters is 1. The summed E-state index contributed by atoms with van der Waals surface area (Å²) in [6.07, 6.45) is 5.05. The molecule has 6 heteroatoms. The molecule has 2 aromatic carbocycles. The van der Waals surface area contributed by atoms with Crippen molar-refractivity contribution in [2.75, 3.05) is 7.11 Å². The van der Waals surface area contributed by atoms with E-state index in [9.17, 15) is 14.9 Å². The molecule has 0 aromatic heterocycles. The zero-order valence-corrected chi connectivity index (χ0v) is 14.4. The fourth-order valence-corrected chi connectivity index (χ4v) is 2.37. The lowest BCUT2D eigenvalue weighted by atomic mass is 10.1. The van der Waals surface area contributed by atoms with Crippen LogP contribution in [0.1, 0.15) is 11.1 Å². The molecule has 0 saturated carbocycles. The van der Waals surface area contributed by atoms with Crippen molar-refractivity contribution in [3.8, 4) is 0 Å². The van der Waals surface area contributed by atoms with Gasteiger partial charge in [-0.3, -0.25) is 10.1 Å². The largest absolute Gasteiger partial charge is 0.465 e. The van der Waals surface area contributed by atoms with Crippen LogP contribution in [0.5, 0.6) is 0 Å². The third-order valence-corrected chi connectivity index (χ3v) is 3.92. The van der Waals surface area contributed by atoms with Crippen molar-refractivity contribution in [3.63, 3.8) is 0 Å². The Morgan fingerprint density at radius 2 is 1.83 bits per heavy atom. The van der Waals surface area contributed by atoms with Crippen LogP contribution < -0.4 is 0 Å². The molecule has 24 heavy (non-hydrogen) atoms. The summed E-state index contributed by atoms with van der Waals surface area (Å²) in [5.41, 5.74) is 1.91. The molecule has 0 saturated heterocycles. The van der Waals surface area contributed by atoms with Crippen LogP contribution in [0, 0.1) is 10.1 Å². The number of halogens is 1. The number of hydrogen-bond donors (Lipinski definition) is 0. The molecule has 0 N–H and O–H groups in total. The molecule has 5 nitrogen and oxygen atoms in total. The van der Waals surface area contributed by atoms with Gasteiger partial charge in [-0.05, 0) is 41.5 Å². The fraction of sp³-hybridized carbons (Fsp3) is 0.0556. The molecule has 2 rings (SSSR count). The molecule has 0 aliphatic carbocycles. The lowest BCUT2D eigenvalue weighted by Crippen LogP contribution is -2.02. The maximum Gasteiger partial charge on any atom is 0.337 e. The number of hydrogen-bond acceptors (Lipinski definition) is 4. The first-order valence-corrected chi connectivity index (χ1v) is 7.77. The Morgan fingerprint density at radius 1 is 1.17 bits per heavy atom. The number of rotatable bonds is 5. The molecule has 0 aliphatic rings. The van der Waals surface area contributed by atoms with Crippen molar-refractivity contribution in [2.45, 2.75) is 0 Å². The Balaban J connectivity index is 2.33. The van der Waals surface area contributed by atoms with Gasteiger partial charge in [0.15, 0.2) is 0 Å². The van der Waals surface area contributed by atoms with E-state index in [4.69, 9.17) is 4.74 Å². The zero-order valence-electron chi connectivity index (χ0n) is 12.8. The number of methoxy groups -OCH3 is 1. The number of nitro groups is 1. The van der Waals surface area contributed by atoms with E-state index in [1.165, 1.54) is 19.2 Å². The van der Waals surface area contributed by atoms with Crippen LogP contribution in [0.2, 0.25) is 0 Å². The molecule has 0 fully saturated rings. The van der Waals surface area contributed by atoms with E-state index in [0.717, 1.165) is 10.0 Å².